The molecule has 384 valence electrons. The normalized spacial score (nSPS) is 12.2. The van der Waals surface area contributed by atoms with E-state index in [2.05, 4.69) is 51.2 Å². The van der Waals surface area contributed by atoms with Crippen LogP contribution in [0, 0.1) is 0 Å². The summed E-state index contributed by atoms with van der Waals surface area (Å²) in [4.78, 5) is 25.3. The van der Waals surface area contributed by atoms with E-state index >= 15 is 0 Å². The molecule has 2 aromatic heterocycles. The van der Waals surface area contributed by atoms with Gasteiger partial charge in [-0.25, -0.2) is 33.7 Å². The topological polar surface area (TPSA) is 442 Å². The number of anilines is 10. The van der Waals surface area contributed by atoms with E-state index in [0.717, 1.165) is 60.7 Å². The summed E-state index contributed by atoms with van der Waals surface area (Å²) in [6.45, 7) is -1.99. The van der Waals surface area contributed by atoms with Crippen molar-refractivity contribution in [1.29, 1.82) is 0 Å². The zero-order valence-corrected chi connectivity index (χ0v) is 40.1. The van der Waals surface area contributed by atoms with Crippen molar-refractivity contribution in [2.45, 2.75) is 19.6 Å². The molecule has 4 aromatic carbocycles. The van der Waals surface area contributed by atoms with Crippen LogP contribution in [0.2, 0.25) is 0 Å². The van der Waals surface area contributed by atoms with Crippen molar-refractivity contribution in [2.75, 3.05) is 83.7 Å². The Morgan fingerprint density at radius 3 is 1.00 bits per heavy atom. The molecule has 6 aromatic rings. The Morgan fingerprint density at radius 2 is 0.722 bits per heavy atom. The Labute approximate surface area is 410 Å². The summed E-state index contributed by atoms with van der Waals surface area (Å²) >= 11 is 0. The van der Waals surface area contributed by atoms with Crippen molar-refractivity contribution in [2.24, 2.45) is 0 Å². The predicted molar refractivity (Wildman–Crippen MR) is 252 cm³/mol. The first-order valence-corrected chi connectivity index (χ1v) is 26.1. The molecule has 0 aliphatic carbocycles. The fourth-order valence-electron chi connectivity index (χ4n) is 6.43. The highest BCUT2D eigenvalue weighted by Crippen LogP contribution is 2.30. The first-order chi connectivity index (χ1) is 34.0. The number of aliphatic hydroxyl groups is 4. The maximum Gasteiger partial charge on any atom is 0.233 e. The number of nitrogens with zero attached hydrogens (tertiary/aromatic N) is 8. The fourth-order valence-corrected chi connectivity index (χ4v) is 8.85. The fraction of sp³-hybridized carbons (Fsp3) is 0.200. The highest BCUT2D eigenvalue weighted by Gasteiger charge is 2.19. The molecular formula is C40H40N12O16S4-4. The van der Waals surface area contributed by atoms with Crippen LogP contribution in [0.3, 0.4) is 0 Å². The van der Waals surface area contributed by atoms with Crippen LogP contribution < -0.4 is 31.1 Å². The molecule has 8 N–H and O–H groups in total. The van der Waals surface area contributed by atoms with Crippen LogP contribution in [0.15, 0.2) is 105 Å². The van der Waals surface area contributed by atoms with Crippen molar-refractivity contribution in [3.8, 4) is 0 Å². The number of benzene rings is 4. The van der Waals surface area contributed by atoms with E-state index in [9.17, 15) is 72.3 Å². The van der Waals surface area contributed by atoms with Gasteiger partial charge in [0.1, 0.15) is 40.5 Å². The number of aliphatic hydroxyl groups excluding tert-OH is 4. The molecule has 0 radical (unpaired) electrons. The molecule has 0 aliphatic heterocycles. The summed E-state index contributed by atoms with van der Waals surface area (Å²) in [6.07, 6.45) is 2.10. The summed E-state index contributed by atoms with van der Waals surface area (Å²) in [5.41, 5.74) is -0.656. The number of nitrogens with one attached hydrogen (secondary N) is 4. The van der Waals surface area contributed by atoms with Crippen LogP contribution in [0.1, 0.15) is 11.1 Å². The third-order valence-corrected chi connectivity index (χ3v) is 13.0. The first-order valence-electron chi connectivity index (χ1n) is 20.5. The molecule has 28 nitrogen and oxygen atoms in total. The molecule has 0 spiro atoms. The lowest BCUT2D eigenvalue weighted by molar-refractivity contribution is 0.279. The second kappa shape index (κ2) is 23.0. The van der Waals surface area contributed by atoms with Gasteiger partial charge in [-0.05, 0) is 71.8 Å². The van der Waals surface area contributed by atoms with Crippen molar-refractivity contribution >= 4 is 111 Å². The van der Waals surface area contributed by atoms with E-state index in [1.54, 1.807) is 0 Å². The maximum atomic E-state index is 12.6. The SMILES string of the molecule is O=S(=O)([O-])c1cccc(Nc2nc(Nc3ccc(C=Cc4ccc(Nc5nc(Nc6cccc(S(=O)(=O)[O-])c6)nc(N(CCO)CCO)n5)cc4S(=O)(=O)[O-])c(S(=O)(=O)[O-])c3)nc(N(CCO)CCO)n2)c1. The molecule has 0 saturated carbocycles. The van der Waals surface area contributed by atoms with Gasteiger partial charge in [0.25, 0.3) is 0 Å². The van der Waals surface area contributed by atoms with E-state index in [1.807, 2.05) is 0 Å². The summed E-state index contributed by atoms with van der Waals surface area (Å²) in [5.74, 6) is -1.40. The van der Waals surface area contributed by atoms with Crippen molar-refractivity contribution in [3.63, 3.8) is 0 Å². The Morgan fingerprint density at radius 1 is 0.417 bits per heavy atom. The van der Waals surface area contributed by atoms with Gasteiger partial charge >= 0.3 is 0 Å². The maximum absolute atomic E-state index is 12.6. The first kappa shape index (κ1) is 54.3. The summed E-state index contributed by atoms with van der Waals surface area (Å²) in [7, 11) is -20.4. The molecule has 0 amide bonds. The lowest BCUT2D eigenvalue weighted by Crippen LogP contribution is -2.31. The highest BCUT2D eigenvalue weighted by atomic mass is 32.2. The van der Waals surface area contributed by atoms with Crippen molar-refractivity contribution in [1.82, 2.24) is 29.9 Å². The van der Waals surface area contributed by atoms with Gasteiger partial charge in [0, 0.05) is 48.9 Å². The second-order valence-corrected chi connectivity index (χ2v) is 20.1. The van der Waals surface area contributed by atoms with Crippen LogP contribution in [0.5, 0.6) is 0 Å². The second-order valence-electron chi connectivity index (χ2n) is 14.6. The largest absolute Gasteiger partial charge is 0.744 e. The molecule has 32 heteroatoms. The Bertz CT molecular complexity index is 3190. The van der Waals surface area contributed by atoms with E-state index in [0.29, 0.717) is 0 Å². The highest BCUT2D eigenvalue weighted by molar-refractivity contribution is 7.86. The predicted octanol–water partition coefficient (Wildman–Crippen LogP) is 0.400. The van der Waals surface area contributed by atoms with E-state index in [1.165, 1.54) is 46.2 Å². The number of hydrogen-bond acceptors (Lipinski definition) is 28. The van der Waals surface area contributed by atoms with Crippen LogP contribution in [-0.2, 0) is 40.5 Å². The molecule has 2 heterocycles. The van der Waals surface area contributed by atoms with Gasteiger partial charge in [-0.2, -0.15) is 29.9 Å². The molecular weight excluding hydrogens is 1030 g/mol. The number of rotatable bonds is 24. The monoisotopic (exact) mass is 1070 g/mol. The molecule has 0 bridgehead atoms. The molecule has 0 fully saturated rings. The lowest BCUT2D eigenvalue weighted by Gasteiger charge is -2.22. The van der Waals surface area contributed by atoms with Crippen LogP contribution in [0.4, 0.5) is 58.4 Å². The third kappa shape index (κ3) is 14.7. The minimum absolute atomic E-state index is 0.0469. The summed E-state index contributed by atoms with van der Waals surface area (Å²) < 4.78 is 146. The van der Waals surface area contributed by atoms with Crippen LogP contribution >= 0.6 is 0 Å². The van der Waals surface area contributed by atoms with Crippen LogP contribution in [-0.4, -0.2) is 155 Å². The zero-order chi connectivity index (χ0) is 52.4. The number of hydrogen-bond donors (Lipinski definition) is 8. The van der Waals surface area contributed by atoms with Gasteiger partial charge in [0.2, 0.25) is 35.7 Å². The zero-order valence-electron chi connectivity index (χ0n) is 36.8. The van der Waals surface area contributed by atoms with E-state index < -0.39 is 86.5 Å². The minimum Gasteiger partial charge on any atom is -0.744 e. The van der Waals surface area contributed by atoms with Gasteiger partial charge in [-0.15, -0.1) is 0 Å². The molecule has 0 atom stereocenters. The van der Waals surface area contributed by atoms with Gasteiger partial charge in [0.15, 0.2) is 0 Å². The van der Waals surface area contributed by atoms with Gasteiger partial charge in [-0.1, -0.05) is 36.4 Å². The van der Waals surface area contributed by atoms with Crippen molar-refractivity contribution in [3.05, 3.63) is 96.1 Å². The average molecular weight is 1070 g/mol. The van der Waals surface area contributed by atoms with Gasteiger partial charge in [-0.3, -0.25) is 0 Å². The quantitative estimate of drug-likeness (QED) is 0.0300. The summed E-state index contributed by atoms with van der Waals surface area (Å²) in [5, 5.41) is 49.5. The third-order valence-electron chi connectivity index (χ3n) is 9.57. The molecule has 0 unspecified atom stereocenters. The standard InChI is InChI=1S/C40H44N12O16S4/c53-17-13-51(14-18-54)39-47-35(41-27-3-1-5-31(21-27)69(57,58)59)45-37(49-39)43-29-11-9-25(33(23-29)71(63,64)65)7-8-26-10-12-30(24-34(26)72(66,67)68)44-38-46-36(48-40(50-38)52(15-19-55)16-20-56)42-28-4-2-6-32(22-28)70(60,61)62/h1-12,21-24,53-56H,13-20H2,(H,57,58,59)(H,60,61,62)(H,63,64,65)(H,66,67,68)(H2,41,43,45,47,49)(H2,42,44,46,48,50)/p-4. The molecule has 0 saturated heterocycles. The van der Waals surface area contributed by atoms with Crippen LogP contribution in [0.25, 0.3) is 12.2 Å². The smallest absolute Gasteiger partial charge is 0.233 e. The Kier molecular flexibility index (Phi) is 17.3. The summed E-state index contributed by atoms with van der Waals surface area (Å²) in [6, 6.07) is 16.1. The van der Waals surface area contributed by atoms with E-state index in [4.69, 9.17) is 0 Å². The van der Waals surface area contributed by atoms with Gasteiger partial charge in [0.05, 0.1) is 46.0 Å². The number of aromatic nitrogens is 6. The Balaban J connectivity index is 1.33. The average Bonchev–Trinajstić information content (AvgIpc) is 3.30. The minimum atomic E-state index is -5.31. The Hall–Kier alpha value is -7.08. The van der Waals surface area contributed by atoms with Gasteiger partial charge < -0.3 is 69.7 Å². The molecule has 0 aliphatic rings. The van der Waals surface area contributed by atoms with Crippen molar-refractivity contribution < 1.29 is 72.3 Å². The van der Waals surface area contributed by atoms with E-state index in [-0.39, 0.29) is 95.7 Å². The molecule has 6 rings (SSSR count). The molecule has 72 heavy (non-hydrogen) atoms. The lowest BCUT2D eigenvalue weighted by atomic mass is 10.1.